The van der Waals surface area contributed by atoms with E-state index < -0.39 is 0 Å². The molecule has 1 N–H and O–H groups in total. The van der Waals surface area contributed by atoms with E-state index in [0.29, 0.717) is 26.2 Å². The Kier molecular flexibility index (Phi) is 6.33. The maximum absolute atomic E-state index is 12.1. The molecular formula is C16H25N3O3. The molecule has 0 spiro atoms. The van der Waals surface area contributed by atoms with E-state index >= 15 is 0 Å². The number of urea groups is 1. The lowest BCUT2D eigenvalue weighted by Gasteiger charge is -2.36. The molecule has 2 rings (SSSR count). The van der Waals surface area contributed by atoms with E-state index in [9.17, 15) is 4.79 Å². The molecule has 1 fully saturated rings. The van der Waals surface area contributed by atoms with Crippen molar-refractivity contribution in [1.82, 2.24) is 10.2 Å². The van der Waals surface area contributed by atoms with Crippen LogP contribution in [0.15, 0.2) is 24.3 Å². The molecule has 22 heavy (non-hydrogen) atoms. The summed E-state index contributed by atoms with van der Waals surface area (Å²) in [6.07, 6.45) is 0.837. The highest BCUT2D eigenvalue weighted by Gasteiger charge is 2.22. The smallest absolute Gasteiger partial charge is 0.317 e. The fraction of sp³-hybridized carbons (Fsp3) is 0.562. The first-order chi connectivity index (χ1) is 10.8. The number of ether oxygens (including phenoxy) is 2. The molecule has 0 aromatic heterocycles. The molecule has 6 heteroatoms. The lowest BCUT2D eigenvalue weighted by molar-refractivity contribution is 0.183. The number of anilines is 1. The Morgan fingerprint density at radius 2 is 1.91 bits per heavy atom. The normalized spacial score (nSPS) is 14.8. The van der Waals surface area contributed by atoms with E-state index in [-0.39, 0.29) is 6.03 Å². The van der Waals surface area contributed by atoms with Gasteiger partial charge in [-0.3, -0.25) is 0 Å². The Balaban J connectivity index is 1.81. The maximum Gasteiger partial charge on any atom is 0.317 e. The van der Waals surface area contributed by atoms with Crippen molar-refractivity contribution < 1.29 is 14.3 Å². The molecule has 6 nitrogen and oxygen atoms in total. The van der Waals surface area contributed by atoms with Crippen LogP contribution in [0.3, 0.4) is 0 Å². The molecule has 0 atom stereocenters. The van der Waals surface area contributed by atoms with Gasteiger partial charge in [-0.25, -0.2) is 4.79 Å². The average Bonchev–Trinajstić information content (AvgIpc) is 2.58. The number of piperazine rings is 1. The van der Waals surface area contributed by atoms with Gasteiger partial charge in [-0.1, -0.05) is 12.1 Å². The SMILES string of the molecule is COCCCNC(=O)N1CCN(c2ccccc2OC)CC1. The molecule has 0 saturated carbocycles. The second-order valence-electron chi connectivity index (χ2n) is 5.22. The minimum absolute atomic E-state index is 0.00998. The van der Waals surface area contributed by atoms with Crippen LogP contribution in [0.2, 0.25) is 0 Å². The Hall–Kier alpha value is -1.95. The molecule has 1 aliphatic rings. The Morgan fingerprint density at radius 1 is 1.18 bits per heavy atom. The predicted octanol–water partition coefficient (Wildman–Crippen LogP) is 1.56. The van der Waals surface area contributed by atoms with Gasteiger partial charge in [0.2, 0.25) is 0 Å². The highest BCUT2D eigenvalue weighted by molar-refractivity contribution is 5.74. The topological polar surface area (TPSA) is 54.0 Å². The van der Waals surface area contributed by atoms with E-state index in [4.69, 9.17) is 9.47 Å². The molecule has 0 aliphatic carbocycles. The predicted molar refractivity (Wildman–Crippen MR) is 86.7 cm³/mol. The minimum Gasteiger partial charge on any atom is -0.495 e. The van der Waals surface area contributed by atoms with Crippen LogP contribution in [0.5, 0.6) is 5.75 Å². The third kappa shape index (κ3) is 4.27. The molecular weight excluding hydrogens is 282 g/mol. The van der Waals surface area contributed by atoms with Crippen molar-refractivity contribution in [1.29, 1.82) is 0 Å². The first-order valence-electron chi connectivity index (χ1n) is 7.66. The quantitative estimate of drug-likeness (QED) is 0.811. The summed E-state index contributed by atoms with van der Waals surface area (Å²) in [5.41, 5.74) is 1.09. The minimum atomic E-state index is 0.00998. The number of rotatable bonds is 6. The van der Waals surface area contributed by atoms with Crippen LogP contribution in [0.4, 0.5) is 10.5 Å². The van der Waals surface area contributed by atoms with Crippen molar-refractivity contribution in [3.05, 3.63) is 24.3 Å². The number of hydrogen-bond acceptors (Lipinski definition) is 4. The maximum atomic E-state index is 12.1. The third-order valence-corrected chi connectivity index (χ3v) is 3.79. The number of nitrogens with zero attached hydrogens (tertiary/aromatic N) is 2. The van der Waals surface area contributed by atoms with Crippen LogP contribution in [0, 0.1) is 0 Å². The zero-order valence-corrected chi connectivity index (χ0v) is 13.4. The van der Waals surface area contributed by atoms with Gasteiger partial charge in [0.1, 0.15) is 5.75 Å². The summed E-state index contributed by atoms with van der Waals surface area (Å²) in [7, 11) is 3.35. The molecule has 1 aromatic carbocycles. The van der Waals surface area contributed by atoms with E-state index in [2.05, 4.69) is 16.3 Å². The number of amides is 2. The van der Waals surface area contributed by atoms with Gasteiger partial charge in [-0.05, 0) is 18.6 Å². The van der Waals surface area contributed by atoms with Crippen molar-refractivity contribution in [3.8, 4) is 5.75 Å². The molecule has 122 valence electrons. The number of methoxy groups -OCH3 is 2. The number of carbonyl (C=O) groups excluding carboxylic acids is 1. The summed E-state index contributed by atoms with van der Waals surface area (Å²) in [5, 5.41) is 2.93. The highest BCUT2D eigenvalue weighted by atomic mass is 16.5. The van der Waals surface area contributed by atoms with Gasteiger partial charge in [0, 0.05) is 46.4 Å². The highest BCUT2D eigenvalue weighted by Crippen LogP contribution is 2.28. The van der Waals surface area contributed by atoms with Crippen LogP contribution in [-0.2, 0) is 4.74 Å². The van der Waals surface area contributed by atoms with Crippen LogP contribution < -0.4 is 15.0 Å². The molecule has 0 unspecified atom stereocenters. The third-order valence-electron chi connectivity index (χ3n) is 3.79. The van der Waals surface area contributed by atoms with Crippen LogP contribution in [0.1, 0.15) is 6.42 Å². The van der Waals surface area contributed by atoms with E-state index in [1.807, 2.05) is 23.1 Å². The van der Waals surface area contributed by atoms with Crippen LogP contribution in [0.25, 0.3) is 0 Å². The lowest BCUT2D eigenvalue weighted by atomic mass is 10.2. The number of benzene rings is 1. The number of carbonyl (C=O) groups is 1. The molecule has 1 saturated heterocycles. The van der Waals surface area contributed by atoms with E-state index in [1.165, 1.54) is 0 Å². The second kappa shape index (κ2) is 8.48. The average molecular weight is 307 g/mol. The van der Waals surface area contributed by atoms with Gasteiger partial charge in [-0.2, -0.15) is 0 Å². The standard InChI is InChI=1S/C16H25N3O3/c1-21-13-5-8-17-16(20)19-11-9-18(10-12-19)14-6-3-4-7-15(14)22-2/h3-4,6-7H,5,8-13H2,1-2H3,(H,17,20). The molecule has 1 heterocycles. The molecule has 0 bridgehead atoms. The van der Waals surface area contributed by atoms with Crippen molar-refractivity contribution in [3.63, 3.8) is 0 Å². The largest absolute Gasteiger partial charge is 0.495 e. The van der Waals surface area contributed by atoms with E-state index in [1.54, 1.807) is 14.2 Å². The second-order valence-corrected chi connectivity index (χ2v) is 5.22. The van der Waals surface area contributed by atoms with Crippen molar-refractivity contribution >= 4 is 11.7 Å². The van der Waals surface area contributed by atoms with E-state index in [0.717, 1.165) is 30.9 Å². The Morgan fingerprint density at radius 3 is 2.59 bits per heavy atom. The fourth-order valence-corrected chi connectivity index (χ4v) is 2.57. The molecule has 1 aliphatic heterocycles. The monoisotopic (exact) mass is 307 g/mol. The summed E-state index contributed by atoms with van der Waals surface area (Å²) in [5.74, 6) is 0.875. The Labute approximate surface area is 132 Å². The van der Waals surface area contributed by atoms with Crippen molar-refractivity contribution in [2.45, 2.75) is 6.42 Å². The van der Waals surface area contributed by atoms with Crippen LogP contribution >= 0.6 is 0 Å². The van der Waals surface area contributed by atoms with Gasteiger partial charge in [0.25, 0.3) is 0 Å². The van der Waals surface area contributed by atoms with Gasteiger partial charge >= 0.3 is 6.03 Å². The Bertz CT molecular complexity index is 473. The van der Waals surface area contributed by atoms with Gasteiger partial charge in [0.15, 0.2) is 0 Å². The summed E-state index contributed by atoms with van der Waals surface area (Å²) in [6.45, 7) is 4.38. The zero-order chi connectivity index (χ0) is 15.8. The summed E-state index contributed by atoms with van der Waals surface area (Å²) < 4.78 is 10.4. The van der Waals surface area contributed by atoms with Crippen LogP contribution in [-0.4, -0.2) is 64.5 Å². The first-order valence-corrected chi connectivity index (χ1v) is 7.66. The number of nitrogens with one attached hydrogen (secondary N) is 1. The van der Waals surface area contributed by atoms with Gasteiger partial charge in [-0.15, -0.1) is 0 Å². The molecule has 2 amide bonds. The van der Waals surface area contributed by atoms with Gasteiger partial charge in [0.05, 0.1) is 12.8 Å². The fourth-order valence-electron chi connectivity index (χ4n) is 2.57. The summed E-state index contributed by atoms with van der Waals surface area (Å²) in [4.78, 5) is 16.2. The summed E-state index contributed by atoms with van der Waals surface area (Å²) >= 11 is 0. The van der Waals surface area contributed by atoms with Crippen molar-refractivity contribution in [2.24, 2.45) is 0 Å². The molecule has 1 aromatic rings. The number of hydrogen-bond donors (Lipinski definition) is 1. The van der Waals surface area contributed by atoms with Crippen molar-refractivity contribution in [2.75, 3.05) is 58.5 Å². The zero-order valence-electron chi connectivity index (χ0n) is 13.4. The summed E-state index contributed by atoms with van der Waals surface area (Å²) in [6, 6.07) is 8.00. The van der Waals surface area contributed by atoms with Gasteiger partial charge < -0.3 is 24.6 Å². The number of para-hydroxylation sites is 2. The lowest BCUT2D eigenvalue weighted by Crippen LogP contribution is -2.52. The first kappa shape index (κ1) is 16.4. The molecule has 0 radical (unpaired) electrons.